The zero-order valence-electron chi connectivity index (χ0n) is 7.41. The van der Waals surface area contributed by atoms with Crippen LogP contribution in [0.1, 0.15) is 19.3 Å². The van der Waals surface area contributed by atoms with Gasteiger partial charge in [-0.1, -0.05) is 0 Å². The molecule has 2 aliphatic rings. The molecule has 2 rings (SSSR count). The van der Waals surface area contributed by atoms with Crippen molar-refractivity contribution in [2.75, 3.05) is 13.1 Å². The van der Waals surface area contributed by atoms with Gasteiger partial charge in [-0.15, -0.1) is 0 Å². The van der Waals surface area contributed by atoms with Gasteiger partial charge in [0.05, 0.1) is 0 Å². The summed E-state index contributed by atoms with van der Waals surface area (Å²) in [5.41, 5.74) is 0. The summed E-state index contributed by atoms with van der Waals surface area (Å²) in [5, 5.41) is 3.11. The fourth-order valence-corrected chi connectivity index (χ4v) is 2.81. The second kappa shape index (κ2) is 3.53. The van der Waals surface area contributed by atoms with Gasteiger partial charge in [0, 0.05) is 18.6 Å². The Labute approximate surface area is 78.5 Å². The van der Waals surface area contributed by atoms with E-state index in [-0.39, 0.29) is 12.1 Å². The quantitative estimate of drug-likeness (QED) is 0.547. The van der Waals surface area contributed by atoms with Gasteiger partial charge in [0.1, 0.15) is 0 Å². The molecule has 5 nitrogen and oxygen atoms in total. The van der Waals surface area contributed by atoms with E-state index in [2.05, 4.69) is 14.8 Å². The van der Waals surface area contributed by atoms with Crippen LogP contribution in [-0.2, 0) is 10.2 Å². The first-order valence-electron chi connectivity index (χ1n) is 4.66. The summed E-state index contributed by atoms with van der Waals surface area (Å²) in [6, 6.07) is 0.253. The average molecular weight is 205 g/mol. The van der Waals surface area contributed by atoms with Crippen LogP contribution >= 0.6 is 0 Å². The van der Waals surface area contributed by atoms with E-state index in [0.717, 1.165) is 32.4 Å². The monoisotopic (exact) mass is 205 g/mol. The predicted octanol–water partition coefficient (Wildman–Crippen LogP) is -1.07. The normalized spacial score (nSPS) is 29.4. The highest BCUT2D eigenvalue weighted by molar-refractivity contribution is 7.87. The van der Waals surface area contributed by atoms with Crippen molar-refractivity contribution < 1.29 is 8.42 Å². The molecule has 0 aromatic heterocycles. The van der Waals surface area contributed by atoms with Crippen LogP contribution in [-0.4, -0.2) is 33.6 Å². The molecule has 0 radical (unpaired) electrons. The van der Waals surface area contributed by atoms with Gasteiger partial charge in [-0.05, 0) is 25.8 Å². The van der Waals surface area contributed by atoms with Crippen LogP contribution in [0.4, 0.5) is 0 Å². The minimum absolute atomic E-state index is 0.0660. The van der Waals surface area contributed by atoms with Crippen LogP contribution in [0.2, 0.25) is 0 Å². The molecule has 1 heterocycles. The van der Waals surface area contributed by atoms with Gasteiger partial charge in [-0.3, -0.25) is 0 Å². The van der Waals surface area contributed by atoms with E-state index in [1.54, 1.807) is 0 Å². The molecule has 0 spiro atoms. The van der Waals surface area contributed by atoms with E-state index in [0.29, 0.717) is 0 Å². The van der Waals surface area contributed by atoms with Crippen LogP contribution in [0.5, 0.6) is 0 Å². The first kappa shape index (κ1) is 9.39. The summed E-state index contributed by atoms with van der Waals surface area (Å²) in [6.07, 6.45) is 2.83. The molecule has 1 saturated carbocycles. The third-order valence-electron chi connectivity index (χ3n) is 2.28. The summed E-state index contributed by atoms with van der Waals surface area (Å²) in [5.74, 6) is 0. The molecule has 2 fully saturated rings. The Kier molecular flexibility index (Phi) is 2.55. The Bertz CT molecular complexity index is 267. The Morgan fingerprint density at radius 1 is 1.08 bits per heavy atom. The predicted molar refractivity (Wildman–Crippen MR) is 49.5 cm³/mol. The van der Waals surface area contributed by atoms with Crippen LogP contribution in [0.25, 0.3) is 0 Å². The average Bonchev–Trinajstić information content (AvgIpc) is 2.64. The van der Waals surface area contributed by atoms with Crippen molar-refractivity contribution in [2.45, 2.75) is 31.3 Å². The lowest BCUT2D eigenvalue weighted by atomic mass is 10.3. The van der Waals surface area contributed by atoms with E-state index in [1.807, 2.05) is 0 Å². The van der Waals surface area contributed by atoms with Crippen molar-refractivity contribution in [1.82, 2.24) is 14.8 Å². The zero-order valence-corrected chi connectivity index (χ0v) is 8.23. The van der Waals surface area contributed by atoms with Gasteiger partial charge in [-0.25, -0.2) is 0 Å². The molecule has 1 saturated heterocycles. The lowest BCUT2D eigenvalue weighted by Crippen LogP contribution is -2.44. The van der Waals surface area contributed by atoms with Gasteiger partial charge in [0.25, 0.3) is 10.2 Å². The summed E-state index contributed by atoms with van der Waals surface area (Å²) in [7, 11) is -3.24. The van der Waals surface area contributed by atoms with Crippen molar-refractivity contribution in [1.29, 1.82) is 0 Å². The topological polar surface area (TPSA) is 70.2 Å². The third-order valence-corrected chi connectivity index (χ3v) is 3.57. The van der Waals surface area contributed by atoms with Gasteiger partial charge in [-0.2, -0.15) is 17.9 Å². The van der Waals surface area contributed by atoms with Crippen molar-refractivity contribution in [3.05, 3.63) is 0 Å². The van der Waals surface area contributed by atoms with E-state index in [1.165, 1.54) is 0 Å². The van der Waals surface area contributed by atoms with Crippen molar-refractivity contribution in [3.63, 3.8) is 0 Å². The molecule has 0 aromatic carbocycles. The van der Waals surface area contributed by atoms with E-state index in [9.17, 15) is 8.42 Å². The Morgan fingerprint density at radius 2 is 1.77 bits per heavy atom. The van der Waals surface area contributed by atoms with Crippen LogP contribution in [0.15, 0.2) is 0 Å². The maximum Gasteiger partial charge on any atom is 0.277 e. The minimum atomic E-state index is -3.24. The number of nitrogens with one attached hydrogen (secondary N) is 3. The van der Waals surface area contributed by atoms with Gasteiger partial charge in [0.2, 0.25) is 0 Å². The summed E-state index contributed by atoms with van der Waals surface area (Å²) < 4.78 is 28.0. The molecule has 0 aromatic rings. The third kappa shape index (κ3) is 2.91. The van der Waals surface area contributed by atoms with E-state index < -0.39 is 10.2 Å². The fraction of sp³-hybridized carbons (Fsp3) is 1.00. The largest absolute Gasteiger partial charge is 0.315 e. The molecular weight excluding hydrogens is 190 g/mol. The van der Waals surface area contributed by atoms with Crippen molar-refractivity contribution >= 4 is 10.2 Å². The van der Waals surface area contributed by atoms with Crippen molar-refractivity contribution in [2.24, 2.45) is 0 Å². The summed E-state index contributed by atoms with van der Waals surface area (Å²) in [4.78, 5) is 0. The molecular formula is C7H15N3O2S. The van der Waals surface area contributed by atoms with E-state index in [4.69, 9.17) is 0 Å². The van der Waals surface area contributed by atoms with Crippen LogP contribution < -0.4 is 14.8 Å². The maximum atomic E-state index is 11.4. The lowest BCUT2D eigenvalue weighted by molar-refractivity contribution is 0.545. The molecule has 3 N–H and O–H groups in total. The molecule has 13 heavy (non-hydrogen) atoms. The van der Waals surface area contributed by atoms with E-state index >= 15 is 0 Å². The molecule has 76 valence electrons. The maximum absolute atomic E-state index is 11.4. The molecule has 0 amide bonds. The summed E-state index contributed by atoms with van der Waals surface area (Å²) >= 11 is 0. The molecule has 6 heteroatoms. The standard InChI is InChI=1S/C7H15N3O2S/c11-13(12,9-6-1-2-6)10-7-3-4-8-5-7/h6-10H,1-5H2. The first-order chi connectivity index (χ1) is 6.16. The molecule has 0 bridgehead atoms. The SMILES string of the molecule is O=S(=O)(NC1CC1)NC1CCNC1. The highest BCUT2D eigenvalue weighted by Gasteiger charge is 2.28. The first-order valence-corrected chi connectivity index (χ1v) is 6.14. The van der Waals surface area contributed by atoms with Gasteiger partial charge in [0.15, 0.2) is 0 Å². The Hall–Kier alpha value is -0.170. The highest BCUT2D eigenvalue weighted by Crippen LogP contribution is 2.19. The number of hydrogen-bond donors (Lipinski definition) is 3. The molecule has 1 unspecified atom stereocenters. The zero-order chi connectivity index (χ0) is 9.31. The smallest absolute Gasteiger partial charge is 0.277 e. The highest BCUT2D eigenvalue weighted by atomic mass is 32.2. The summed E-state index contributed by atoms with van der Waals surface area (Å²) in [6.45, 7) is 1.64. The molecule has 1 atom stereocenters. The Morgan fingerprint density at radius 3 is 2.31 bits per heavy atom. The van der Waals surface area contributed by atoms with Crippen LogP contribution in [0.3, 0.4) is 0 Å². The number of hydrogen-bond acceptors (Lipinski definition) is 3. The second-order valence-electron chi connectivity index (χ2n) is 3.70. The second-order valence-corrected chi connectivity index (χ2v) is 5.18. The molecule has 1 aliphatic heterocycles. The fourth-order valence-electron chi connectivity index (χ4n) is 1.43. The lowest BCUT2D eigenvalue weighted by Gasteiger charge is -2.11. The van der Waals surface area contributed by atoms with Gasteiger partial charge < -0.3 is 5.32 Å². The van der Waals surface area contributed by atoms with Crippen molar-refractivity contribution in [3.8, 4) is 0 Å². The van der Waals surface area contributed by atoms with Crippen LogP contribution in [0, 0.1) is 0 Å². The number of rotatable bonds is 4. The van der Waals surface area contributed by atoms with Gasteiger partial charge >= 0.3 is 0 Å². The Balaban J connectivity index is 1.83. The minimum Gasteiger partial charge on any atom is -0.315 e. The molecule has 1 aliphatic carbocycles.